The number of halogens is 1. The number of nitrogens with one attached hydrogen (secondary N) is 1. The highest BCUT2D eigenvalue weighted by Crippen LogP contribution is 2.36. The third-order valence-electron chi connectivity index (χ3n) is 4.71. The zero-order valence-corrected chi connectivity index (χ0v) is 18.5. The van der Waals surface area contributed by atoms with Crippen LogP contribution < -0.4 is 14.2 Å². The number of benzene rings is 1. The summed E-state index contributed by atoms with van der Waals surface area (Å²) in [6.45, 7) is 4.33. The molecule has 0 saturated heterocycles. The van der Waals surface area contributed by atoms with Crippen molar-refractivity contribution in [3.63, 3.8) is 0 Å². The second-order valence-electron chi connectivity index (χ2n) is 7.40. The number of nitrogens with zero attached hydrogens (tertiary/aromatic N) is 4. The zero-order chi connectivity index (χ0) is 22.9. The van der Waals surface area contributed by atoms with E-state index in [1.165, 1.54) is 13.2 Å². The van der Waals surface area contributed by atoms with Gasteiger partial charge in [-0.15, -0.1) is 10.2 Å². The molecule has 3 aromatic rings. The van der Waals surface area contributed by atoms with E-state index in [0.717, 1.165) is 12.1 Å². The number of anilines is 1. The zero-order valence-electron chi connectivity index (χ0n) is 17.6. The van der Waals surface area contributed by atoms with Crippen LogP contribution in [0.2, 0.25) is 0 Å². The summed E-state index contributed by atoms with van der Waals surface area (Å²) in [7, 11) is -2.81. The van der Waals surface area contributed by atoms with Crippen LogP contribution in [0.5, 0.6) is 11.5 Å². The fourth-order valence-corrected chi connectivity index (χ4v) is 4.28. The molecule has 1 N–H and O–H groups in total. The smallest absolute Gasteiger partial charge is 0.266 e. The van der Waals surface area contributed by atoms with E-state index in [9.17, 15) is 12.8 Å². The summed E-state index contributed by atoms with van der Waals surface area (Å²) in [5.74, 6) is -0.238. The molecule has 0 bridgehead atoms. The average molecular weight is 463 g/mol. The summed E-state index contributed by atoms with van der Waals surface area (Å²) < 4.78 is 60.8. The van der Waals surface area contributed by atoms with Crippen LogP contribution in [0.4, 0.5) is 10.2 Å². The molecule has 0 amide bonds. The molecule has 0 saturated carbocycles. The van der Waals surface area contributed by atoms with Crippen molar-refractivity contribution in [2.24, 2.45) is 0 Å². The topological polar surface area (TPSA) is 117 Å². The summed E-state index contributed by atoms with van der Waals surface area (Å²) in [5.41, 5.74) is 0.418. The molecule has 1 aliphatic rings. The molecule has 1 atom stereocenters. The van der Waals surface area contributed by atoms with Gasteiger partial charge in [-0.05, 0) is 26.0 Å². The maximum Gasteiger partial charge on any atom is 0.266 e. The first kappa shape index (κ1) is 22.0. The van der Waals surface area contributed by atoms with Gasteiger partial charge >= 0.3 is 0 Å². The van der Waals surface area contributed by atoms with Crippen molar-refractivity contribution in [3.8, 4) is 23.0 Å². The third kappa shape index (κ3) is 4.36. The summed E-state index contributed by atoms with van der Waals surface area (Å²) in [5, 5.41) is 7.95. The molecule has 4 rings (SSSR count). The Hall–Kier alpha value is -3.25. The van der Waals surface area contributed by atoms with E-state index in [1.54, 1.807) is 23.0 Å². The Labute approximate surface area is 184 Å². The van der Waals surface area contributed by atoms with Crippen LogP contribution in [0.25, 0.3) is 11.5 Å². The van der Waals surface area contributed by atoms with Crippen molar-refractivity contribution in [1.29, 1.82) is 0 Å². The highest BCUT2D eigenvalue weighted by molar-refractivity contribution is 7.92. The van der Waals surface area contributed by atoms with Crippen molar-refractivity contribution in [1.82, 2.24) is 19.7 Å². The molecule has 2 aromatic heterocycles. The number of aromatic nitrogens is 4. The molecule has 1 aromatic carbocycles. The monoisotopic (exact) mass is 463 g/mol. The minimum atomic E-state index is -4.32. The molecular formula is C20H22FN5O5S. The molecule has 1 aliphatic heterocycles. The fourth-order valence-electron chi connectivity index (χ4n) is 3.20. The maximum atomic E-state index is 14.6. The molecule has 170 valence electrons. The minimum Gasteiger partial charge on any atom is -0.486 e. The van der Waals surface area contributed by atoms with Gasteiger partial charge in [0.25, 0.3) is 10.0 Å². The Balaban J connectivity index is 1.63. The van der Waals surface area contributed by atoms with Crippen LogP contribution in [-0.4, -0.2) is 54.6 Å². The Kier molecular flexibility index (Phi) is 5.98. The summed E-state index contributed by atoms with van der Waals surface area (Å²) in [4.78, 5) is 3.73. The summed E-state index contributed by atoms with van der Waals surface area (Å²) >= 11 is 0. The number of ether oxygens (including phenoxy) is 3. The lowest BCUT2D eigenvalue weighted by molar-refractivity contribution is 0.0266. The number of pyridine rings is 1. The van der Waals surface area contributed by atoms with Gasteiger partial charge in [0.1, 0.15) is 35.2 Å². The highest BCUT2D eigenvalue weighted by Gasteiger charge is 2.28. The number of sulfonamides is 1. The fraction of sp³-hybridized carbons (Fsp3) is 0.350. The number of methoxy groups -OCH3 is 1. The largest absolute Gasteiger partial charge is 0.486 e. The molecule has 0 aliphatic carbocycles. The molecule has 3 heterocycles. The normalized spacial score (nSPS) is 15.7. The standard InChI is InChI=1S/C20H22FN5O5S/c1-12(2)26-11-22-24-20(26)15-5-4-6-19(23-15)25-32(27,28)18-8-17-16(7-14(18)21)30-10-13(31-17)9-29-3/h4-8,11-13H,9-10H2,1-3H3,(H,23,25). The summed E-state index contributed by atoms with van der Waals surface area (Å²) in [6.07, 6.45) is 1.14. The lowest BCUT2D eigenvalue weighted by Crippen LogP contribution is -2.33. The molecule has 12 heteroatoms. The van der Waals surface area contributed by atoms with Crippen molar-refractivity contribution in [3.05, 3.63) is 42.5 Å². The second-order valence-corrected chi connectivity index (χ2v) is 9.06. The van der Waals surface area contributed by atoms with Gasteiger partial charge < -0.3 is 18.8 Å². The quantitative estimate of drug-likeness (QED) is 0.568. The van der Waals surface area contributed by atoms with Gasteiger partial charge in [0, 0.05) is 25.3 Å². The molecule has 0 radical (unpaired) electrons. The molecular weight excluding hydrogens is 441 g/mol. The highest BCUT2D eigenvalue weighted by atomic mass is 32.2. The first-order valence-corrected chi connectivity index (χ1v) is 11.3. The van der Waals surface area contributed by atoms with Gasteiger partial charge in [-0.2, -0.15) is 0 Å². The lowest BCUT2D eigenvalue weighted by Gasteiger charge is -2.26. The van der Waals surface area contributed by atoms with E-state index in [4.69, 9.17) is 14.2 Å². The Morgan fingerprint density at radius 2 is 2.12 bits per heavy atom. The number of hydrogen-bond acceptors (Lipinski definition) is 8. The minimum absolute atomic E-state index is 0.00681. The van der Waals surface area contributed by atoms with E-state index in [0.29, 0.717) is 11.5 Å². The molecule has 32 heavy (non-hydrogen) atoms. The summed E-state index contributed by atoms with van der Waals surface area (Å²) in [6, 6.07) is 6.92. The predicted molar refractivity (Wildman–Crippen MR) is 113 cm³/mol. The first-order chi connectivity index (χ1) is 15.3. The Morgan fingerprint density at radius 1 is 1.31 bits per heavy atom. The van der Waals surface area contributed by atoms with Gasteiger partial charge in [-0.1, -0.05) is 6.07 Å². The average Bonchev–Trinajstić information content (AvgIpc) is 3.24. The third-order valence-corrected chi connectivity index (χ3v) is 6.07. The Bertz CT molecular complexity index is 1230. The van der Waals surface area contributed by atoms with Crippen molar-refractivity contribution in [2.45, 2.75) is 30.9 Å². The van der Waals surface area contributed by atoms with E-state index in [-0.39, 0.29) is 36.6 Å². The molecule has 0 fully saturated rings. The van der Waals surface area contributed by atoms with Crippen LogP contribution in [0.1, 0.15) is 19.9 Å². The molecule has 0 spiro atoms. The van der Waals surface area contributed by atoms with Crippen LogP contribution in [0.15, 0.2) is 41.6 Å². The van der Waals surface area contributed by atoms with E-state index in [2.05, 4.69) is 19.9 Å². The molecule has 10 nitrogen and oxygen atoms in total. The van der Waals surface area contributed by atoms with E-state index < -0.39 is 26.8 Å². The second kappa shape index (κ2) is 8.71. The number of rotatable bonds is 7. The van der Waals surface area contributed by atoms with Crippen molar-refractivity contribution >= 4 is 15.8 Å². The first-order valence-electron chi connectivity index (χ1n) is 9.80. The van der Waals surface area contributed by atoms with Gasteiger partial charge in [0.05, 0.1) is 6.61 Å². The van der Waals surface area contributed by atoms with Gasteiger partial charge in [-0.25, -0.2) is 17.8 Å². The SMILES string of the molecule is COCC1COc2cc(F)c(S(=O)(=O)Nc3cccc(-c4nncn4C(C)C)n3)cc2O1. The van der Waals surface area contributed by atoms with Gasteiger partial charge in [0.2, 0.25) is 0 Å². The van der Waals surface area contributed by atoms with Crippen LogP contribution in [0, 0.1) is 5.82 Å². The Morgan fingerprint density at radius 3 is 2.88 bits per heavy atom. The van der Waals surface area contributed by atoms with Crippen LogP contribution >= 0.6 is 0 Å². The van der Waals surface area contributed by atoms with Gasteiger partial charge in [0.15, 0.2) is 23.4 Å². The van der Waals surface area contributed by atoms with Crippen LogP contribution in [-0.2, 0) is 14.8 Å². The van der Waals surface area contributed by atoms with Gasteiger partial charge in [-0.3, -0.25) is 4.72 Å². The molecule has 1 unspecified atom stereocenters. The maximum absolute atomic E-state index is 14.6. The lowest BCUT2D eigenvalue weighted by atomic mass is 10.2. The predicted octanol–water partition coefficient (Wildman–Crippen LogP) is 2.65. The number of fused-ring (bicyclic) bond motifs is 1. The van der Waals surface area contributed by atoms with E-state index >= 15 is 0 Å². The van der Waals surface area contributed by atoms with E-state index in [1.807, 2.05) is 13.8 Å². The van der Waals surface area contributed by atoms with Crippen molar-refractivity contribution < 1.29 is 27.0 Å². The number of hydrogen-bond donors (Lipinski definition) is 1. The van der Waals surface area contributed by atoms with Crippen LogP contribution in [0.3, 0.4) is 0 Å². The van der Waals surface area contributed by atoms with Crippen molar-refractivity contribution in [2.75, 3.05) is 25.0 Å².